The SMILES string of the molecule is C[C@H](CCC(=O)NS(=O)(=O)c1ccccc1)[C@H]1CC[C@H]2[C@@H]3CC[C@@H]4C[C@](O)(c5ccc(-c6ccccc6)cc5)CC[C@]4(C)[C@H]3CC[C@]12C. The molecule has 0 unspecified atom stereocenters. The Morgan fingerprint density at radius 1 is 0.792 bits per heavy atom. The highest BCUT2D eigenvalue weighted by molar-refractivity contribution is 7.90. The van der Waals surface area contributed by atoms with Crippen molar-refractivity contribution in [2.24, 2.45) is 46.3 Å². The van der Waals surface area contributed by atoms with E-state index in [1.165, 1.54) is 61.8 Å². The van der Waals surface area contributed by atoms with Crippen molar-refractivity contribution < 1.29 is 18.3 Å². The van der Waals surface area contributed by atoms with Crippen molar-refractivity contribution in [3.05, 3.63) is 90.5 Å². The topological polar surface area (TPSA) is 83.5 Å². The lowest BCUT2D eigenvalue weighted by Gasteiger charge is -2.62. The minimum absolute atomic E-state index is 0.123. The van der Waals surface area contributed by atoms with Gasteiger partial charge in [0.2, 0.25) is 5.91 Å². The molecule has 6 heteroatoms. The Morgan fingerprint density at radius 2 is 1.44 bits per heavy atom. The molecule has 1 amide bonds. The van der Waals surface area contributed by atoms with Crippen LogP contribution in [-0.2, 0) is 20.4 Å². The minimum atomic E-state index is -3.84. The summed E-state index contributed by atoms with van der Waals surface area (Å²) < 4.78 is 27.6. The molecule has 7 rings (SSSR count). The van der Waals surface area contributed by atoms with Crippen molar-refractivity contribution in [1.82, 2.24) is 4.72 Å². The summed E-state index contributed by atoms with van der Waals surface area (Å²) in [6.07, 6.45) is 11.1. The van der Waals surface area contributed by atoms with Crippen LogP contribution in [0.5, 0.6) is 0 Å². The molecule has 4 saturated carbocycles. The Bertz CT molecular complexity index is 1710. The maximum absolute atomic E-state index is 12.8. The van der Waals surface area contributed by atoms with Crippen LogP contribution in [-0.4, -0.2) is 19.4 Å². The molecule has 0 radical (unpaired) electrons. The van der Waals surface area contributed by atoms with Gasteiger partial charge in [-0.1, -0.05) is 93.6 Å². The van der Waals surface area contributed by atoms with Gasteiger partial charge < -0.3 is 5.11 Å². The second-order valence-electron chi connectivity index (χ2n) is 16.4. The van der Waals surface area contributed by atoms with Crippen LogP contribution < -0.4 is 4.72 Å². The smallest absolute Gasteiger partial charge is 0.264 e. The van der Waals surface area contributed by atoms with Crippen molar-refractivity contribution in [1.29, 1.82) is 0 Å². The molecule has 0 saturated heterocycles. The number of sulfonamides is 1. The zero-order valence-electron chi connectivity index (χ0n) is 28.9. The normalized spacial score (nSPS) is 35.1. The molecule has 9 atom stereocenters. The van der Waals surface area contributed by atoms with Crippen molar-refractivity contribution >= 4 is 15.9 Å². The van der Waals surface area contributed by atoms with E-state index >= 15 is 0 Å². The summed E-state index contributed by atoms with van der Waals surface area (Å²) in [6, 6.07) is 27.2. The number of hydrogen-bond acceptors (Lipinski definition) is 4. The van der Waals surface area contributed by atoms with E-state index < -0.39 is 21.5 Å². The third kappa shape index (κ3) is 5.95. The van der Waals surface area contributed by atoms with Gasteiger partial charge in [-0.25, -0.2) is 13.1 Å². The van der Waals surface area contributed by atoms with Gasteiger partial charge >= 0.3 is 0 Å². The quantitative estimate of drug-likeness (QED) is 0.251. The highest BCUT2D eigenvalue weighted by Crippen LogP contribution is 2.69. The monoisotopic (exact) mass is 667 g/mol. The van der Waals surface area contributed by atoms with E-state index in [4.69, 9.17) is 0 Å². The lowest BCUT2D eigenvalue weighted by molar-refractivity contribution is -0.154. The molecule has 0 aromatic heterocycles. The zero-order valence-corrected chi connectivity index (χ0v) is 29.7. The van der Waals surface area contributed by atoms with E-state index in [-0.39, 0.29) is 22.1 Å². The van der Waals surface area contributed by atoms with E-state index in [0.717, 1.165) is 30.7 Å². The Labute approximate surface area is 288 Å². The second kappa shape index (κ2) is 12.7. The largest absolute Gasteiger partial charge is 0.385 e. The predicted octanol–water partition coefficient (Wildman–Crippen LogP) is 9.12. The summed E-state index contributed by atoms with van der Waals surface area (Å²) in [5, 5.41) is 12.1. The molecule has 0 spiro atoms. The average Bonchev–Trinajstić information content (AvgIpc) is 3.45. The maximum atomic E-state index is 12.8. The van der Waals surface area contributed by atoms with Gasteiger partial charge in [-0.2, -0.15) is 0 Å². The molecule has 48 heavy (non-hydrogen) atoms. The molecular weight excluding hydrogens is 615 g/mol. The van der Waals surface area contributed by atoms with Crippen molar-refractivity contribution in [3.8, 4) is 11.1 Å². The molecule has 4 fully saturated rings. The summed E-state index contributed by atoms with van der Waals surface area (Å²) in [6.45, 7) is 7.39. The van der Waals surface area contributed by atoms with E-state index in [2.05, 4.69) is 74.0 Å². The van der Waals surface area contributed by atoms with Crippen LogP contribution in [0.1, 0.15) is 97.0 Å². The van der Waals surface area contributed by atoms with Crippen LogP contribution in [0.25, 0.3) is 11.1 Å². The molecule has 2 N–H and O–H groups in total. The Kier molecular flexibility index (Phi) is 8.90. The van der Waals surface area contributed by atoms with Gasteiger partial charge in [0.15, 0.2) is 0 Å². The number of carbonyl (C=O) groups is 1. The Morgan fingerprint density at radius 3 is 2.15 bits per heavy atom. The minimum Gasteiger partial charge on any atom is -0.385 e. The Hall–Kier alpha value is -2.96. The van der Waals surface area contributed by atoms with Gasteiger partial charge in [-0.3, -0.25) is 4.79 Å². The number of fused-ring (bicyclic) bond motifs is 5. The zero-order chi connectivity index (χ0) is 33.7. The molecule has 4 aliphatic rings. The molecule has 3 aromatic carbocycles. The lowest BCUT2D eigenvalue weighted by Crippen LogP contribution is -2.55. The second-order valence-corrected chi connectivity index (χ2v) is 18.1. The fourth-order valence-corrected chi connectivity index (χ4v) is 12.5. The summed E-state index contributed by atoms with van der Waals surface area (Å²) in [7, 11) is -3.84. The van der Waals surface area contributed by atoms with Gasteiger partial charge in [0.25, 0.3) is 10.0 Å². The third-order valence-electron chi connectivity index (χ3n) is 14.1. The van der Waals surface area contributed by atoms with E-state index in [9.17, 15) is 18.3 Å². The molecule has 3 aromatic rings. The number of hydrogen-bond donors (Lipinski definition) is 2. The Balaban J connectivity index is 0.983. The number of benzene rings is 3. The first-order valence-electron chi connectivity index (χ1n) is 18.4. The number of rotatable bonds is 8. The molecule has 4 aliphatic carbocycles. The summed E-state index contributed by atoms with van der Waals surface area (Å²) >= 11 is 0. The van der Waals surface area contributed by atoms with Gasteiger partial charge in [0.05, 0.1) is 10.5 Å². The number of aliphatic hydroxyl groups is 1. The first kappa shape index (κ1) is 33.5. The van der Waals surface area contributed by atoms with Crippen LogP contribution in [0.2, 0.25) is 0 Å². The fourth-order valence-electron chi connectivity index (χ4n) is 11.5. The highest BCUT2D eigenvalue weighted by atomic mass is 32.2. The maximum Gasteiger partial charge on any atom is 0.264 e. The van der Waals surface area contributed by atoms with Gasteiger partial charge in [0.1, 0.15) is 0 Å². The fraction of sp³-hybridized carbons (Fsp3) is 0.548. The average molecular weight is 668 g/mol. The van der Waals surface area contributed by atoms with Crippen LogP contribution in [0.4, 0.5) is 0 Å². The summed E-state index contributed by atoms with van der Waals surface area (Å²) in [5.74, 6) is 3.21. The van der Waals surface area contributed by atoms with Crippen molar-refractivity contribution in [2.75, 3.05) is 0 Å². The molecule has 256 valence electrons. The van der Waals surface area contributed by atoms with Crippen LogP contribution in [0.3, 0.4) is 0 Å². The van der Waals surface area contributed by atoms with Crippen LogP contribution in [0.15, 0.2) is 89.8 Å². The first-order valence-corrected chi connectivity index (χ1v) is 19.9. The first-order chi connectivity index (χ1) is 22.9. The highest BCUT2D eigenvalue weighted by Gasteiger charge is 2.61. The standard InChI is InChI=1S/C42H53NO4S/c1-29(14-23-39(44)43-48(46,47)34-12-8-5-9-13-34)36-21-22-37-35-20-19-33-28-42(45,27-26-40(33,2)38(35)24-25-41(36,37)3)32-17-15-31(16-18-32)30-10-6-4-7-11-30/h4-13,15-18,29,33,35-38,45H,14,19-28H2,1-3H3,(H,43,44)/t29-,33-,35+,36-,37+,38+,40+,41-,42+/m1/s1. The van der Waals surface area contributed by atoms with Crippen LogP contribution in [0, 0.1) is 46.3 Å². The molecular formula is C42H53NO4S. The van der Waals surface area contributed by atoms with Crippen LogP contribution >= 0.6 is 0 Å². The van der Waals surface area contributed by atoms with E-state index in [1.807, 2.05) is 6.07 Å². The number of carbonyl (C=O) groups excluding carboxylic acids is 1. The number of nitrogens with one attached hydrogen (secondary N) is 1. The van der Waals surface area contributed by atoms with E-state index in [1.54, 1.807) is 18.2 Å². The predicted molar refractivity (Wildman–Crippen MR) is 191 cm³/mol. The summed E-state index contributed by atoms with van der Waals surface area (Å²) in [4.78, 5) is 12.9. The van der Waals surface area contributed by atoms with Crippen molar-refractivity contribution in [3.63, 3.8) is 0 Å². The molecule has 0 aliphatic heterocycles. The number of amides is 1. The van der Waals surface area contributed by atoms with Gasteiger partial charge in [0, 0.05) is 6.42 Å². The molecule has 0 bridgehead atoms. The van der Waals surface area contributed by atoms with Gasteiger partial charge in [-0.05, 0) is 139 Å². The summed E-state index contributed by atoms with van der Waals surface area (Å²) in [5.41, 5.74) is 3.26. The van der Waals surface area contributed by atoms with Crippen molar-refractivity contribution in [2.45, 2.75) is 102 Å². The lowest BCUT2D eigenvalue weighted by atomic mass is 9.43. The van der Waals surface area contributed by atoms with Gasteiger partial charge in [-0.15, -0.1) is 0 Å². The van der Waals surface area contributed by atoms with E-state index in [0.29, 0.717) is 36.0 Å². The molecule has 0 heterocycles. The molecule has 5 nitrogen and oxygen atoms in total. The third-order valence-corrected chi connectivity index (χ3v) is 15.5.